The third-order valence-corrected chi connectivity index (χ3v) is 4.59. The number of nitrogens with zero attached hydrogens (tertiary/aromatic N) is 4. The van der Waals surface area contributed by atoms with Gasteiger partial charge in [0.05, 0.1) is 6.54 Å². The Balaban J connectivity index is 0.00000192. The summed E-state index contributed by atoms with van der Waals surface area (Å²) in [5, 5.41) is 0. The summed E-state index contributed by atoms with van der Waals surface area (Å²) in [5.41, 5.74) is 7.27. The van der Waals surface area contributed by atoms with Crippen molar-refractivity contribution >= 4 is 35.8 Å². The fourth-order valence-corrected chi connectivity index (χ4v) is 3.22. The molecule has 0 atom stereocenters. The van der Waals surface area contributed by atoms with E-state index in [1.165, 1.54) is 38.5 Å². The molecule has 1 aromatic heterocycles. The average molecular weight is 429 g/mol. The molecule has 2 aliphatic heterocycles. The smallest absolute Gasteiger partial charge is 0.191 e. The molecule has 1 aromatic rings. The number of pyridine rings is 1. The lowest BCUT2D eigenvalue weighted by molar-refractivity contribution is 0.428. The maximum absolute atomic E-state index is 6.14. The fraction of sp³-hybridized carbons (Fsp3) is 0.647. The largest absolute Gasteiger partial charge is 0.370 e. The van der Waals surface area contributed by atoms with Crippen molar-refractivity contribution in [3.05, 3.63) is 23.9 Å². The van der Waals surface area contributed by atoms with Gasteiger partial charge < -0.3 is 15.5 Å². The molecule has 23 heavy (non-hydrogen) atoms. The highest BCUT2D eigenvalue weighted by atomic mass is 127. The standard InChI is InChI=1S/C17H27N5.HI/c18-17(22-11-3-1-2-4-12-22)20-14-15-7-8-16(19-13-15)21-9-5-6-10-21;/h7-8,13H,1-6,9-12,14H2,(H2,18,20);1H. The van der Waals surface area contributed by atoms with Crippen LogP contribution in [-0.4, -0.2) is 42.0 Å². The third kappa shape index (κ3) is 5.22. The Bertz CT molecular complexity index is 488. The quantitative estimate of drug-likeness (QED) is 0.456. The average Bonchev–Trinajstić information content (AvgIpc) is 2.95. The second-order valence-electron chi connectivity index (χ2n) is 6.29. The second kappa shape index (κ2) is 9.30. The lowest BCUT2D eigenvalue weighted by Crippen LogP contribution is -2.38. The van der Waals surface area contributed by atoms with Gasteiger partial charge in [0.1, 0.15) is 5.82 Å². The number of guanidine groups is 1. The van der Waals surface area contributed by atoms with Gasteiger partial charge in [-0.15, -0.1) is 24.0 Å². The maximum Gasteiger partial charge on any atom is 0.191 e. The van der Waals surface area contributed by atoms with Crippen molar-refractivity contribution in [3.8, 4) is 0 Å². The first kappa shape index (κ1) is 18.3. The van der Waals surface area contributed by atoms with E-state index in [4.69, 9.17) is 5.73 Å². The Hall–Kier alpha value is -1.05. The van der Waals surface area contributed by atoms with Gasteiger partial charge in [0.15, 0.2) is 5.96 Å². The van der Waals surface area contributed by atoms with Gasteiger partial charge in [0.2, 0.25) is 0 Å². The minimum Gasteiger partial charge on any atom is -0.370 e. The van der Waals surface area contributed by atoms with Crippen LogP contribution in [0.5, 0.6) is 0 Å². The molecule has 0 radical (unpaired) electrons. The van der Waals surface area contributed by atoms with Crippen LogP contribution in [0.15, 0.2) is 23.3 Å². The number of likely N-dealkylation sites (tertiary alicyclic amines) is 1. The highest BCUT2D eigenvalue weighted by Crippen LogP contribution is 2.17. The number of aliphatic imine (C=N–C) groups is 1. The molecular weight excluding hydrogens is 401 g/mol. The summed E-state index contributed by atoms with van der Waals surface area (Å²) in [6, 6.07) is 4.23. The van der Waals surface area contributed by atoms with Gasteiger partial charge in [-0.2, -0.15) is 0 Å². The molecule has 0 unspecified atom stereocenters. The Morgan fingerprint density at radius 2 is 1.65 bits per heavy atom. The van der Waals surface area contributed by atoms with E-state index in [-0.39, 0.29) is 24.0 Å². The molecule has 2 fully saturated rings. The summed E-state index contributed by atoms with van der Waals surface area (Å²) in [6.45, 7) is 4.97. The molecule has 3 heterocycles. The third-order valence-electron chi connectivity index (χ3n) is 4.59. The topological polar surface area (TPSA) is 57.8 Å². The molecule has 2 aliphatic rings. The minimum atomic E-state index is 0. The van der Waals surface area contributed by atoms with Gasteiger partial charge in [-0.1, -0.05) is 18.9 Å². The van der Waals surface area contributed by atoms with Crippen molar-refractivity contribution in [3.63, 3.8) is 0 Å². The Morgan fingerprint density at radius 1 is 1.00 bits per heavy atom. The van der Waals surface area contributed by atoms with Gasteiger partial charge in [0.25, 0.3) is 0 Å². The first-order valence-electron chi connectivity index (χ1n) is 8.58. The van der Waals surface area contributed by atoms with Crippen LogP contribution in [-0.2, 0) is 6.54 Å². The summed E-state index contributed by atoms with van der Waals surface area (Å²) in [6.07, 6.45) is 9.56. The van der Waals surface area contributed by atoms with Crippen molar-refractivity contribution in [2.45, 2.75) is 45.1 Å². The molecule has 6 heteroatoms. The van der Waals surface area contributed by atoms with E-state index in [2.05, 4.69) is 31.9 Å². The molecule has 0 saturated carbocycles. The summed E-state index contributed by atoms with van der Waals surface area (Å²) < 4.78 is 0. The van der Waals surface area contributed by atoms with Crippen molar-refractivity contribution in [2.24, 2.45) is 10.7 Å². The zero-order valence-electron chi connectivity index (χ0n) is 13.8. The first-order chi connectivity index (χ1) is 10.8. The van der Waals surface area contributed by atoms with Gasteiger partial charge in [-0.3, -0.25) is 0 Å². The number of aromatic nitrogens is 1. The SMILES string of the molecule is I.NC(=NCc1ccc(N2CCCC2)nc1)N1CCCCCC1. The zero-order valence-corrected chi connectivity index (χ0v) is 16.1. The van der Waals surface area contributed by atoms with Gasteiger partial charge in [-0.05, 0) is 37.3 Å². The molecule has 5 nitrogen and oxygen atoms in total. The molecule has 0 spiro atoms. The van der Waals surface area contributed by atoms with Gasteiger partial charge >= 0.3 is 0 Å². The summed E-state index contributed by atoms with van der Waals surface area (Å²) in [5.74, 6) is 1.77. The Morgan fingerprint density at radius 3 is 2.26 bits per heavy atom. The summed E-state index contributed by atoms with van der Waals surface area (Å²) in [7, 11) is 0. The van der Waals surface area contributed by atoms with E-state index in [0.29, 0.717) is 12.5 Å². The van der Waals surface area contributed by atoms with E-state index in [9.17, 15) is 0 Å². The van der Waals surface area contributed by atoms with Crippen LogP contribution in [0.2, 0.25) is 0 Å². The number of nitrogens with two attached hydrogens (primary N) is 1. The van der Waals surface area contributed by atoms with E-state index in [0.717, 1.165) is 37.6 Å². The Labute approximate surface area is 156 Å². The lowest BCUT2D eigenvalue weighted by Gasteiger charge is -2.21. The normalized spacial score (nSPS) is 19.4. The fourth-order valence-electron chi connectivity index (χ4n) is 3.22. The van der Waals surface area contributed by atoms with E-state index < -0.39 is 0 Å². The highest BCUT2D eigenvalue weighted by molar-refractivity contribution is 14.0. The van der Waals surface area contributed by atoms with Crippen LogP contribution in [0.1, 0.15) is 44.1 Å². The van der Waals surface area contributed by atoms with E-state index in [1.54, 1.807) is 0 Å². The molecule has 2 N–H and O–H groups in total. The maximum atomic E-state index is 6.14. The van der Waals surface area contributed by atoms with Crippen LogP contribution >= 0.6 is 24.0 Å². The van der Waals surface area contributed by atoms with E-state index >= 15 is 0 Å². The number of hydrogen-bond acceptors (Lipinski definition) is 3. The molecule has 0 amide bonds. The van der Waals surface area contributed by atoms with Gasteiger partial charge in [0, 0.05) is 32.4 Å². The highest BCUT2D eigenvalue weighted by Gasteiger charge is 2.13. The van der Waals surface area contributed by atoms with Crippen molar-refractivity contribution in [1.29, 1.82) is 0 Å². The van der Waals surface area contributed by atoms with Crippen molar-refractivity contribution in [2.75, 3.05) is 31.1 Å². The lowest BCUT2D eigenvalue weighted by atomic mass is 10.2. The monoisotopic (exact) mass is 429 g/mol. The van der Waals surface area contributed by atoms with Crippen molar-refractivity contribution < 1.29 is 0 Å². The first-order valence-corrected chi connectivity index (χ1v) is 8.58. The predicted molar refractivity (Wildman–Crippen MR) is 106 cm³/mol. The predicted octanol–water partition coefficient (Wildman–Crippen LogP) is 2.99. The molecule has 0 aromatic carbocycles. The van der Waals surface area contributed by atoms with Crippen LogP contribution in [0.3, 0.4) is 0 Å². The van der Waals surface area contributed by atoms with Gasteiger partial charge in [-0.25, -0.2) is 9.98 Å². The van der Waals surface area contributed by atoms with Crippen LogP contribution in [0, 0.1) is 0 Å². The van der Waals surface area contributed by atoms with Crippen LogP contribution in [0.4, 0.5) is 5.82 Å². The molecular formula is C17H28IN5. The molecule has 3 rings (SSSR count). The molecule has 128 valence electrons. The number of halogens is 1. The summed E-state index contributed by atoms with van der Waals surface area (Å²) in [4.78, 5) is 13.7. The number of hydrogen-bond donors (Lipinski definition) is 1. The van der Waals surface area contributed by atoms with E-state index in [1.807, 2.05) is 6.20 Å². The van der Waals surface area contributed by atoms with Crippen LogP contribution < -0.4 is 10.6 Å². The second-order valence-corrected chi connectivity index (χ2v) is 6.29. The Kier molecular flexibility index (Phi) is 7.39. The minimum absolute atomic E-state index is 0. The van der Waals surface area contributed by atoms with Crippen LogP contribution in [0.25, 0.3) is 0 Å². The zero-order chi connectivity index (χ0) is 15.2. The summed E-state index contributed by atoms with van der Waals surface area (Å²) >= 11 is 0. The number of anilines is 1. The number of rotatable bonds is 3. The molecule has 0 bridgehead atoms. The molecule has 0 aliphatic carbocycles. The van der Waals surface area contributed by atoms with Crippen molar-refractivity contribution in [1.82, 2.24) is 9.88 Å². The molecule has 2 saturated heterocycles.